The first-order valence-corrected chi connectivity index (χ1v) is 6.28. The number of rotatable bonds is 5. The summed E-state index contributed by atoms with van der Waals surface area (Å²) in [5.74, 6) is -1.58. The summed E-state index contributed by atoms with van der Waals surface area (Å²) in [4.78, 5) is 22.4. The van der Waals surface area contributed by atoms with E-state index < -0.39 is 11.9 Å². The zero-order chi connectivity index (χ0) is 14.5. The molecule has 1 aromatic carbocycles. The summed E-state index contributed by atoms with van der Waals surface area (Å²) in [6.45, 7) is 0.420. The van der Waals surface area contributed by atoms with E-state index in [4.69, 9.17) is 21.1 Å². The van der Waals surface area contributed by atoms with E-state index in [0.717, 1.165) is 11.8 Å². The van der Waals surface area contributed by atoms with Crippen molar-refractivity contribution in [3.05, 3.63) is 58.5 Å². The van der Waals surface area contributed by atoms with Gasteiger partial charge in [0.2, 0.25) is 0 Å². The minimum Gasteiger partial charge on any atom is -0.478 e. The maximum atomic E-state index is 11.7. The smallest absolute Gasteiger partial charge is 0.338 e. The molecule has 5 nitrogen and oxygen atoms in total. The average molecular weight is 294 g/mol. The number of carboxylic acids is 1. The molecule has 1 amide bonds. The Balaban J connectivity index is 1.85. The Morgan fingerprint density at radius 1 is 1.25 bits per heavy atom. The van der Waals surface area contributed by atoms with Gasteiger partial charge in [-0.2, -0.15) is 0 Å². The summed E-state index contributed by atoms with van der Waals surface area (Å²) in [6, 6.07) is 8.52. The predicted octanol–water partition coefficient (Wildman–Crippen LogP) is 2.60. The molecule has 0 fully saturated rings. The molecule has 0 spiro atoms. The molecular formula is C14H12ClNO4. The quantitative estimate of drug-likeness (QED) is 0.888. The fourth-order valence-electron chi connectivity index (χ4n) is 1.63. The van der Waals surface area contributed by atoms with Gasteiger partial charge in [0, 0.05) is 17.6 Å². The maximum absolute atomic E-state index is 11.7. The highest BCUT2D eigenvalue weighted by Crippen LogP contribution is 2.10. The molecule has 0 aliphatic heterocycles. The number of nitrogens with one attached hydrogen (secondary N) is 1. The van der Waals surface area contributed by atoms with E-state index in [2.05, 4.69) is 5.32 Å². The molecule has 0 radical (unpaired) electrons. The minimum absolute atomic E-state index is 0.0153. The second kappa shape index (κ2) is 6.25. The van der Waals surface area contributed by atoms with Gasteiger partial charge in [0.15, 0.2) is 5.76 Å². The first-order chi connectivity index (χ1) is 9.56. The lowest BCUT2D eigenvalue weighted by Gasteiger charge is -2.03. The molecule has 1 heterocycles. The fraction of sp³-hybridized carbons (Fsp3) is 0.143. The summed E-state index contributed by atoms with van der Waals surface area (Å²) in [5.41, 5.74) is 0.994. The van der Waals surface area contributed by atoms with Crippen LogP contribution in [0.4, 0.5) is 0 Å². The van der Waals surface area contributed by atoms with Crippen molar-refractivity contribution in [3.63, 3.8) is 0 Å². The number of hydrogen-bond donors (Lipinski definition) is 2. The number of carboxylic acid groups (broad SMARTS) is 1. The zero-order valence-corrected chi connectivity index (χ0v) is 11.2. The van der Waals surface area contributed by atoms with Crippen molar-refractivity contribution < 1.29 is 19.1 Å². The molecule has 1 aromatic heterocycles. The van der Waals surface area contributed by atoms with Crippen molar-refractivity contribution in [2.45, 2.75) is 6.42 Å². The van der Waals surface area contributed by atoms with Crippen LogP contribution < -0.4 is 5.32 Å². The Labute approximate surface area is 120 Å². The lowest BCUT2D eigenvalue weighted by molar-refractivity contribution is 0.0696. The van der Waals surface area contributed by atoms with E-state index in [9.17, 15) is 9.59 Å². The highest BCUT2D eigenvalue weighted by Gasteiger charge is 2.13. The van der Waals surface area contributed by atoms with Crippen molar-refractivity contribution in [3.8, 4) is 0 Å². The summed E-state index contributed by atoms with van der Waals surface area (Å²) in [7, 11) is 0. The third kappa shape index (κ3) is 3.61. The van der Waals surface area contributed by atoms with Crippen LogP contribution in [0.15, 0.2) is 41.0 Å². The number of carbonyl (C=O) groups excluding carboxylic acids is 1. The number of aromatic carboxylic acids is 1. The van der Waals surface area contributed by atoms with Crippen LogP contribution in [-0.4, -0.2) is 23.5 Å². The van der Waals surface area contributed by atoms with E-state index in [1.807, 2.05) is 12.1 Å². The Morgan fingerprint density at radius 2 is 1.95 bits per heavy atom. The van der Waals surface area contributed by atoms with Gasteiger partial charge in [-0.05, 0) is 24.1 Å². The highest BCUT2D eigenvalue weighted by molar-refractivity contribution is 6.30. The number of furan rings is 1. The molecular weight excluding hydrogens is 282 g/mol. The highest BCUT2D eigenvalue weighted by atomic mass is 35.5. The van der Waals surface area contributed by atoms with Crippen LogP contribution in [0, 0.1) is 0 Å². The van der Waals surface area contributed by atoms with Gasteiger partial charge in [0.1, 0.15) is 6.26 Å². The molecule has 6 heteroatoms. The molecule has 0 aliphatic rings. The lowest BCUT2D eigenvalue weighted by atomic mass is 10.1. The molecule has 104 valence electrons. The number of benzene rings is 1. The van der Waals surface area contributed by atoms with Crippen LogP contribution in [0.3, 0.4) is 0 Å². The van der Waals surface area contributed by atoms with Crippen molar-refractivity contribution in [1.29, 1.82) is 0 Å². The molecule has 0 saturated carbocycles. The van der Waals surface area contributed by atoms with Crippen LogP contribution in [0.1, 0.15) is 26.5 Å². The van der Waals surface area contributed by atoms with Gasteiger partial charge in [-0.25, -0.2) is 4.79 Å². The largest absolute Gasteiger partial charge is 0.478 e. The molecule has 0 aliphatic carbocycles. The van der Waals surface area contributed by atoms with Gasteiger partial charge in [0.25, 0.3) is 5.91 Å². The summed E-state index contributed by atoms with van der Waals surface area (Å²) >= 11 is 5.77. The maximum Gasteiger partial charge on any atom is 0.338 e. The molecule has 0 atom stereocenters. The van der Waals surface area contributed by atoms with Gasteiger partial charge in [-0.15, -0.1) is 0 Å². The van der Waals surface area contributed by atoms with Gasteiger partial charge >= 0.3 is 5.97 Å². The normalized spacial score (nSPS) is 10.2. The lowest BCUT2D eigenvalue weighted by Crippen LogP contribution is -2.25. The van der Waals surface area contributed by atoms with Crippen LogP contribution in [-0.2, 0) is 6.42 Å². The average Bonchev–Trinajstić information content (AvgIpc) is 2.91. The van der Waals surface area contributed by atoms with Crippen molar-refractivity contribution >= 4 is 23.5 Å². The number of carbonyl (C=O) groups is 2. The van der Waals surface area contributed by atoms with Crippen molar-refractivity contribution in [1.82, 2.24) is 5.32 Å². The van der Waals surface area contributed by atoms with Crippen LogP contribution in [0.2, 0.25) is 5.02 Å². The molecule has 2 aromatic rings. The van der Waals surface area contributed by atoms with E-state index in [-0.39, 0.29) is 11.3 Å². The SMILES string of the molecule is O=C(O)c1coc(C(=O)NCCc2ccc(Cl)cc2)c1. The third-order valence-electron chi connectivity index (χ3n) is 2.68. The van der Waals surface area contributed by atoms with E-state index in [1.165, 1.54) is 6.07 Å². The van der Waals surface area contributed by atoms with E-state index in [0.29, 0.717) is 18.0 Å². The van der Waals surface area contributed by atoms with E-state index >= 15 is 0 Å². The van der Waals surface area contributed by atoms with E-state index in [1.54, 1.807) is 12.1 Å². The molecule has 0 unspecified atom stereocenters. The second-order valence-electron chi connectivity index (χ2n) is 4.14. The first kappa shape index (κ1) is 14.1. The predicted molar refractivity (Wildman–Crippen MR) is 73.2 cm³/mol. The fourth-order valence-corrected chi connectivity index (χ4v) is 1.75. The van der Waals surface area contributed by atoms with Gasteiger partial charge in [0.05, 0.1) is 5.56 Å². The number of amides is 1. The Bertz CT molecular complexity index is 618. The zero-order valence-electron chi connectivity index (χ0n) is 10.4. The molecule has 0 saturated heterocycles. The van der Waals surface area contributed by atoms with Crippen LogP contribution in [0.25, 0.3) is 0 Å². The van der Waals surface area contributed by atoms with Crippen molar-refractivity contribution in [2.75, 3.05) is 6.54 Å². The first-order valence-electron chi connectivity index (χ1n) is 5.91. The van der Waals surface area contributed by atoms with Crippen LogP contribution in [0.5, 0.6) is 0 Å². The number of hydrogen-bond acceptors (Lipinski definition) is 3. The topological polar surface area (TPSA) is 79.5 Å². The van der Waals surface area contributed by atoms with Gasteiger partial charge in [-0.3, -0.25) is 4.79 Å². The second-order valence-corrected chi connectivity index (χ2v) is 4.57. The summed E-state index contributed by atoms with van der Waals surface area (Å²) in [5, 5.41) is 12.0. The molecule has 0 bridgehead atoms. The number of halogens is 1. The van der Waals surface area contributed by atoms with Gasteiger partial charge < -0.3 is 14.8 Å². The molecule has 20 heavy (non-hydrogen) atoms. The standard InChI is InChI=1S/C14H12ClNO4/c15-11-3-1-9(2-4-11)5-6-16-13(17)12-7-10(8-20-12)14(18)19/h1-4,7-8H,5-6H2,(H,16,17)(H,18,19). The Kier molecular flexibility index (Phi) is 4.42. The summed E-state index contributed by atoms with van der Waals surface area (Å²) < 4.78 is 4.90. The monoisotopic (exact) mass is 293 g/mol. The molecule has 2 rings (SSSR count). The Hall–Kier alpha value is -2.27. The van der Waals surface area contributed by atoms with Crippen LogP contribution >= 0.6 is 11.6 Å². The van der Waals surface area contributed by atoms with Gasteiger partial charge in [-0.1, -0.05) is 23.7 Å². The van der Waals surface area contributed by atoms with Crippen molar-refractivity contribution in [2.24, 2.45) is 0 Å². The minimum atomic E-state index is -1.13. The summed E-state index contributed by atoms with van der Waals surface area (Å²) in [6.07, 6.45) is 1.69. The molecule has 2 N–H and O–H groups in total. The third-order valence-corrected chi connectivity index (χ3v) is 2.93. The Morgan fingerprint density at radius 3 is 2.55 bits per heavy atom.